The standard InChI is InChI=1S/C12H9ClF3NO2/c1-7(18)11(6-17,19-2)8-3-4-10(13)9(5-8)12(14,15)16/h3-5H,1-2H3. The Balaban J connectivity index is 3.53. The summed E-state index contributed by atoms with van der Waals surface area (Å²) >= 11 is 5.47. The normalized spacial score (nSPS) is 14.6. The van der Waals surface area contributed by atoms with E-state index in [2.05, 4.69) is 0 Å². The number of nitrogens with zero attached hydrogens (tertiary/aromatic N) is 1. The predicted octanol–water partition coefficient (Wildman–Crippen LogP) is 3.31. The van der Waals surface area contributed by atoms with Crippen molar-refractivity contribution in [2.45, 2.75) is 18.7 Å². The molecule has 0 aliphatic carbocycles. The van der Waals surface area contributed by atoms with Gasteiger partial charge in [-0.2, -0.15) is 18.4 Å². The van der Waals surface area contributed by atoms with Gasteiger partial charge in [-0.25, -0.2) is 0 Å². The van der Waals surface area contributed by atoms with E-state index in [1.54, 1.807) is 6.07 Å². The van der Waals surface area contributed by atoms with Crippen molar-refractivity contribution >= 4 is 17.4 Å². The van der Waals surface area contributed by atoms with Gasteiger partial charge in [0.05, 0.1) is 10.6 Å². The van der Waals surface area contributed by atoms with E-state index < -0.39 is 28.1 Å². The number of carbonyl (C=O) groups excluding carboxylic acids is 1. The summed E-state index contributed by atoms with van der Waals surface area (Å²) < 4.78 is 43.0. The first-order valence-electron chi connectivity index (χ1n) is 5.03. The molecule has 1 rings (SSSR count). The Morgan fingerprint density at radius 1 is 1.42 bits per heavy atom. The van der Waals surface area contributed by atoms with Crippen molar-refractivity contribution in [2.75, 3.05) is 7.11 Å². The second-order valence-corrected chi connectivity index (χ2v) is 4.15. The Morgan fingerprint density at radius 3 is 2.37 bits per heavy atom. The maximum Gasteiger partial charge on any atom is 0.417 e. The summed E-state index contributed by atoms with van der Waals surface area (Å²) in [6.07, 6.45) is -4.68. The number of ketones is 1. The molecule has 0 bridgehead atoms. The molecule has 0 N–H and O–H groups in total. The largest absolute Gasteiger partial charge is 0.417 e. The number of Topliss-reactive ketones (excluding diaryl/α,β-unsaturated/α-hetero) is 1. The van der Waals surface area contributed by atoms with Crippen molar-refractivity contribution in [3.63, 3.8) is 0 Å². The number of ether oxygens (including phenoxy) is 1. The van der Waals surface area contributed by atoms with Crippen LogP contribution in [0.4, 0.5) is 13.2 Å². The number of hydrogen-bond acceptors (Lipinski definition) is 3. The molecule has 1 atom stereocenters. The molecule has 0 radical (unpaired) electrons. The molecule has 0 aliphatic heterocycles. The van der Waals surface area contributed by atoms with E-state index in [0.29, 0.717) is 6.07 Å². The molecule has 0 spiro atoms. The zero-order valence-corrected chi connectivity index (χ0v) is 10.8. The molecule has 7 heteroatoms. The van der Waals surface area contributed by atoms with Gasteiger partial charge < -0.3 is 4.74 Å². The molecular weight excluding hydrogens is 283 g/mol. The minimum Gasteiger partial charge on any atom is -0.353 e. The second-order valence-electron chi connectivity index (χ2n) is 3.75. The number of benzene rings is 1. The molecule has 0 saturated carbocycles. The van der Waals surface area contributed by atoms with Crippen LogP contribution in [0.5, 0.6) is 0 Å². The van der Waals surface area contributed by atoms with Gasteiger partial charge in [0.1, 0.15) is 6.07 Å². The summed E-state index contributed by atoms with van der Waals surface area (Å²) in [5.41, 5.74) is -3.39. The van der Waals surface area contributed by atoms with E-state index in [-0.39, 0.29) is 5.56 Å². The van der Waals surface area contributed by atoms with Gasteiger partial charge in [0.2, 0.25) is 5.60 Å². The number of alkyl halides is 3. The van der Waals surface area contributed by atoms with E-state index >= 15 is 0 Å². The Labute approximate surface area is 112 Å². The molecule has 1 unspecified atom stereocenters. The maximum absolute atomic E-state index is 12.7. The number of carbonyl (C=O) groups is 1. The van der Waals surface area contributed by atoms with Crippen LogP contribution in [0, 0.1) is 11.3 Å². The van der Waals surface area contributed by atoms with Gasteiger partial charge in [-0.15, -0.1) is 0 Å². The minimum absolute atomic E-state index is 0.207. The zero-order chi connectivity index (χ0) is 14.8. The molecular formula is C12H9ClF3NO2. The fraction of sp³-hybridized carbons (Fsp3) is 0.333. The highest BCUT2D eigenvalue weighted by molar-refractivity contribution is 6.31. The third kappa shape index (κ3) is 2.72. The highest BCUT2D eigenvalue weighted by Crippen LogP contribution is 2.37. The smallest absolute Gasteiger partial charge is 0.353 e. The molecule has 0 amide bonds. The molecule has 1 aromatic carbocycles. The van der Waals surface area contributed by atoms with E-state index in [1.165, 1.54) is 0 Å². The van der Waals surface area contributed by atoms with Crippen LogP contribution in [0.25, 0.3) is 0 Å². The molecule has 0 aliphatic rings. The SMILES string of the molecule is COC(C#N)(C(C)=O)c1ccc(Cl)c(C(F)(F)F)c1. The van der Waals surface area contributed by atoms with Crippen LogP contribution in [0.1, 0.15) is 18.1 Å². The number of methoxy groups -OCH3 is 1. The lowest BCUT2D eigenvalue weighted by atomic mass is 9.90. The van der Waals surface area contributed by atoms with E-state index in [0.717, 1.165) is 26.2 Å². The van der Waals surface area contributed by atoms with Crippen molar-refractivity contribution in [1.29, 1.82) is 5.26 Å². The van der Waals surface area contributed by atoms with Crippen LogP contribution in [0.15, 0.2) is 18.2 Å². The van der Waals surface area contributed by atoms with Crippen LogP contribution in [-0.4, -0.2) is 12.9 Å². The number of rotatable bonds is 3. The molecule has 0 heterocycles. The summed E-state index contributed by atoms with van der Waals surface area (Å²) in [7, 11) is 1.08. The first-order chi connectivity index (χ1) is 8.69. The quantitative estimate of drug-likeness (QED) is 0.858. The fourth-order valence-corrected chi connectivity index (χ4v) is 1.84. The van der Waals surface area contributed by atoms with Crippen molar-refractivity contribution < 1.29 is 22.7 Å². The first kappa shape index (κ1) is 15.5. The summed E-state index contributed by atoms with van der Waals surface area (Å²) in [6, 6.07) is 4.38. The van der Waals surface area contributed by atoms with Gasteiger partial charge in [0.15, 0.2) is 5.78 Å². The third-order valence-electron chi connectivity index (χ3n) is 2.64. The lowest BCUT2D eigenvalue weighted by molar-refractivity contribution is -0.138. The monoisotopic (exact) mass is 291 g/mol. The van der Waals surface area contributed by atoms with Gasteiger partial charge in [0, 0.05) is 12.7 Å². The molecule has 0 saturated heterocycles. The summed E-state index contributed by atoms with van der Waals surface area (Å²) in [6.45, 7) is 1.06. The number of halogens is 4. The predicted molar refractivity (Wildman–Crippen MR) is 61.4 cm³/mol. The van der Waals surface area contributed by atoms with E-state index in [1.807, 2.05) is 0 Å². The van der Waals surface area contributed by atoms with E-state index in [4.69, 9.17) is 21.6 Å². The van der Waals surface area contributed by atoms with Crippen LogP contribution < -0.4 is 0 Å². The number of hydrogen-bond donors (Lipinski definition) is 0. The Morgan fingerprint density at radius 2 is 2.00 bits per heavy atom. The fourth-order valence-electron chi connectivity index (χ4n) is 1.62. The lowest BCUT2D eigenvalue weighted by Crippen LogP contribution is -2.34. The highest BCUT2D eigenvalue weighted by Gasteiger charge is 2.41. The topological polar surface area (TPSA) is 50.1 Å². The van der Waals surface area contributed by atoms with Gasteiger partial charge in [-0.05, 0) is 19.1 Å². The Bertz CT molecular complexity index is 551. The molecule has 0 fully saturated rings. The molecule has 102 valence electrons. The average Bonchev–Trinajstić information content (AvgIpc) is 2.31. The van der Waals surface area contributed by atoms with Crippen LogP contribution in [0.3, 0.4) is 0 Å². The van der Waals surface area contributed by atoms with Crippen LogP contribution >= 0.6 is 11.6 Å². The van der Waals surface area contributed by atoms with Gasteiger partial charge >= 0.3 is 6.18 Å². The minimum atomic E-state index is -4.68. The van der Waals surface area contributed by atoms with Gasteiger partial charge in [-0.1, -0.05) is 17.7 Å². The summed E-state index contributed by atoms with van der Waals surface area (Å²) in [5.74, 6) is -0.715. The van der Waals surface area contributed by atoms with Gasteiger partial charge in [0.25, 0.3) is 0 Å². The Hall–Kier alpha value is -1.58. The molecule has 1 aromatic rings. The highest BCUT2D eigenvalue weighted by atomic mass is 35.5. The average molecular weight is 292 g/mol. The van der Waals surface area contributed by atoms with Crippen LogP contribution in [0.2, 0.25) is 5.02 Å². The lowest BCUT2D eigenvalue weighted by Gasteiger charge is -2.23. The molecule has 0 aromatic heterocycles. The second kappa shape index (κ2) is 5.19. The maximum atomic E-state index is 12.7. The van der Waals surface area contributed by atoms with Crippen LogP contribution in [-0.2, 0) is 21.3 Å². The van der Waals surface area contributed by atoms with Gasteiger partial charge in [-0.3, -0.25) is 4.79 Å². The van der Waals surface area contributed by atoms with Crippen molar-refractivity contribution in [2.24, 2.45) is 0 Å². The zero-order valence-electron chi connectivity index (χ0n) is 10.0. The molecule has 19 heavy (non-hydrogen) atoms. The first-order valence-corrected chi connectivity index (χ1v) is 5.41. The van der Waals surface area contributed by atoms with Crippen molar-refractivity contribution in [3.8, 4) is 6.07 Å². The van der Waals surface area contributed by atoms with Crippen molar-refractivity contribution in [3.05, 3.63) is 34.3 Å². The molecule has 3 nitrogen and oxygen atoms in total. The summed E-state index contributed by atoms with van der Waals surface area (Å²) in [5, 5.41) is 8.54. The Kier molecular flexibility index (Phi) is 4.23. The number of nitriles is 1. The van der Waals surface area contributed by atoms with Crippen molar-refractivity contribution in [1.82, 2.24) is 0 Å². The van der Waals surface area contributed by atoms with E-state index in [9.17, 15) is 18.0 Å². The summed E-state index contributed by atoms with van der Waals surface area (Å²) in [4.78, 5) is 11.5. The third-order valence-corrected chi connectivity index (χ3v) is 2.97.